The average molecular weight is 127 g/mol. The van der Waals surface area contributed by atoms with Crippen LogP contribution in [0.25, 0.3) is 0 Å². The molecule has 0 saturated heterocycles. The van der Waals surface area contributed by atoms with Crippen LogP contribution < -0.4 is 5.73 Å². The van der Waals surface area contributed by atoms with E-state index in [-0.39, 0.29) is 0 Å². The lowest BCUT2D eigenvalue weighted by atomic mass is 10.4. The molecule has 0 spiro atoms. The van der Waals surface area contributed by atoms with E-state index in [1.165, 1.54) is 0 Å². The Morgan fingerprint density at radius 2 is 2.56 bits per heavy atom. The summed E-state index contributed by atoms with van der Waals surface area (Å²) in [5.74, 6) is 0. The van der Waals surface area contributed by atoms with Gasteiger partial charge in [0, 0.05) is 19.3 Å². The van der Waals surface area contributed by atoms with Crippen LogP contribution in [0.4, 0.5) is 0 Å². The molecule has 0 aromatic heterocycles. The van der Waals surface area contributed by atoms with Gasteiger partial charge in [-0.3, -0.25) is 9.89 Å². The molecule has 1 aliphatic heterocycles. The molecule has 0 aromatic carbocycles. The Morgan fingerprint density at radius 3 is 3.11 bits per heavy atom. The normalized spacial score (nSPS) is 19.2. The van der Waals surface area contributed by atoms with E-state index in [1.807, 2.05) is 6.21 Å². The zero-order valence-corrected chi connectivity index (χ0v) is 5.58. The Balaban J connectivity index is 2.01. The molecule has 0 bridgehead atoms. The number of rotatable bonds is 3. The first-order valence-corrected chi connectivity index (χ1v) is 3.34. The van der Waals surface area contributed by atoms with Crippen molar-refractivity contribution in [3.8, 4) is 0 Å². The molecular formula is C6H13N3. The minimum absolute atomic E-state index is 0.788. The summed E-state index contributed by atoms with van der Waals surface area (Å²) in [4.78, 5) is 6.35. The highest BCUT2D eigenvalue weighted by Gasteiger charge is 2.04. The van der Waals surface area contributed by atoms with Gasteiger partial charge in [-0.15, -0.1) is 0 Å². The molecule has 0 aromatic rings. The Hall–Kier alpha value is -0.410. The molecule has 0 radical (unpaired) electrons. The zero-order chi connectivity index (χ0) is 6.53. The molecule has 3 nitrogen and oxygen atoms in total. The second kappa shape index (κ2) is 3.58. The highest BCUT2D eigenvalue weighted by Crippen LogP contribution is 1.94. The lowest BCUT2D eigenvalue weighted by molar-refractivity contribution is 0.340. The largest absolute Gasteiger partial charge is 0.330 e. The molecular weight excluding hydrogens is 114 g/mol. The highest BCUT2D eigenvalue weighted by atomic mass is 15.2. The molecule has 1 rings (SSSR count). The summed E-state index contributed by atoms with van der Waals surface area (Å²) in [5, 5.41) is 0. The third kappa shape index (κ3) is 2.11. The summed E-state index contributed by atoms with van der Waals surface area (Å²) < 4.78 is 0. The maximum absolute atomic E-state index is 5.34. The van der Waals surface area contributed by atoms with Crippen LogP contribution in [-0.2, 0) is 0 Å². The smallest absolute Gasteiger partial charge is 0.0909 e. The maximum atomic E-state index is 5.34. The lowest BCUT2D eigenvalue weighted by Crippen LogP contribution is -2.23. The van der Waals surface area contributed by atoms with Crippen molar-refractivity contribution in [3.63, 3.8) is 0 Å². The van der Waals surface area contributed by atoms with Gasteiger partial charge in [-0.1, -0.05) is 0 Å². The van der Waals surface area contributed by atoms with Crippen LogP contribution in [0, 0.1) is 0 Å². The van der Waals surface area contributed by atoms with E-state index < -0.39 is 0 Å². The van der Waals surface area contributed by atoms with Crippen LogP contribution in [0.15, 0.2) is 4.99 Å². The van der Waals surface area contributed by atoms with Crippen LogP contribution >= 0.6 is 0 Å². The lowest BCUT2D eigenvalue weighted by Gasteiger charge is -2.10. The van der Waals surface area contributed by atoms with E-state index in [1.54, 1.807) is 0 Å². The summed E-state index contributed by atoms with van der Waals surface area (Å²) >= 11 is 0. The van der Waals surface area contributed by atoms with Crippen molar-refractivity contribution in [1.29, 1.82) is 0 Å². The number of nitrogens with two attached hydrogens (primary N) is 1. The minimum Gasteiger partial charge on any atom is -0.330 e. The number of hydrogen-bond acceptors (Lipinski definition) is 3. The molecule has 1 heterocycles. The predicted molar refractivity (Wildman–Crippen MR) is 38.6 cm³/mol. The maximum Gasteiger partial charge on any atom is 0.0909 e. The second-order valence-corrected chi connectivity index (χ2v) is 2.23. The van der Waals surface area contributed by atoms with Gasteiger partial charge in [0.1, 0.15) is 0 Å². The van der Waals surface area contributed by atoms with Crippen LogP contribution in [0.2, 0.25) is 0 Å². The van der Waals surface area contributed by atoms with Crippen molar-refractivity contribution < 1.29 is 0 Å². The van der Waals surface area contributed by atoms with Crippen LogP contribution in [0.5, 0.6) is 0 Å². The Labute approximate surface area is 55.6 Å². The fourth-order valence-corrected chi connectivity index (χ4v) is 0.881. The summed E-state index contributed by atoms with van der Waals surface area (Å²) in [6, 6.07) is 0. The van der Waals surface area contributed by atoms with Gasteiger partial charge in [-0.2, -0.15) is 0 Å². The highest BCUT2D eigenvalue weighted by molar-refractivity contribution is 5.61. The number of hydrogen-bond donors (Lipinski definition) is 1. The summed E-state index contributed by atoms with van der Waals surface area (Å²) in [7, 11) is 0. The van der Waals surface area contributed by atoms with Crippen molar-refractivity contribution in [2.45, 2.75) is 6.42 Å². The Bertz CT molecular complexity index is 92.5. The van der Waals surface area contributed by atoms with E-state index in [9.17, 15) is 0 Å². The van der Waals surface area contributed by atoms with E-state index in [4.69, 9.17) is 5.73 Å². The van der Waals surface area contributed by atoms with Crippen molar-refractivity contribution in [1.82, 2.24) is 4.90 Å². The first-order valence-electron chi connectivity index (χ1n) is 3.34. The fraction of sp³-hybridized carbons (Fsp3) is 0.833. The number of aliphatic imine (C=N–C) groups is 1. The molecule has 0 unspecified atom stereocenters. The van der Waals surface area contributed by atoms with Crippen LogP contribution in [0.1, 0.15) is 6.42 Å². The van der Waals surface area contributed by atoms with Crippen molar-refractivity contribution >= 4 is 6.21 Å². The monoisotopic (exact) mass is 127 g/mol. The quantitative estimate of drug-likeness (QED) is 0.564. The molecule has 52 valence electrons. The van der Waals surface area contributed by atoms with Gasteiger partial charge < -0.3 is 5.73 Å². The van der Waals surface area contributed by atoms with Crippen molar-refractivity contribution in [3.05, 3.63) is 0 Å². The summed E-state index contributed by atoms with van der Waals surface area (Å²) in [5.41, 5.74) is 5.34. The van der Waals surface area contributed by atoms with E-state index in [2.05, 4.69) is 9.89 Å². The SMILES string of the molecule is NCCCN1CC=NC1. The van der Waals surface area contributed by atoms with Crippen LogP contribution in [-0.4, -0.2) is 37.4 Å². The molecule has 0 aliphatic carbocycles. The van der Waals surface area contributed by atoms with Gasteiger partial charge in [0.25, 0.3) is 0 Å². The van der Waals surface area contributed by atoms with Gasteiger partial charge in [0.15, 0.2) is 0 Å². The van der Waals surface area contributed by atoms with Crippen LogP contribution in [0.3, 0.4) is 0 Å². The van der Waals surface area contributed by atoms with Gasteiger partial charge >= 0.3 is 0 Å². The molecule has 0 fully saturated rings. The first-order chi connectivity index (χ1) is 4.43. The van der Waals surface area contributed by atoms with E-state index >= 15 is 0 Å². The van der Waals surface area contributed by atoms with Gasteiger partial charge in [-0.05, 0) is 13.0 Å². The third-order valence-electron chi connectivity index (χ3n) is 1.43. The van der Waals surface area contributed by atoms with Crippen molar-refractivity contribution in [2.24, 2.45) is 10.7 Å². The van der Waals surface area contributed by atoms with E-state index in [0.717, 1.165) is 32.7 Å². The Morgan fingerprint density at radius 1 is 1.67 bits per heavy atom. The molecule has 9 heavy (non-hydrogen) atoms. The topological polar surface area (TPSA) is 41.6 Å². The standard InChI is InChI=1S/C6H13N3/c7-2-1-4-9-5-3-8-6-9/h3H,1-2,4-7H2. The molecule has 0 amide bonds. The average Bonchev–Trinajstić information content (AvgIpc) is 2.34. The first kappa shape index (κ1) is 6.71. The third-order valence-corrected chi connectivity index (χ3v) is 1.43. The summed E-state index contributed by atoms with van der Waals surface area (Å²) in [6.07, 6.45) is 3.04. The second-order valence-electron chi connectivity index (χ2n) is 2.23. The molecule has 0 saturated carbocycles. The molecule has 2 N–H and O–H groups in total. The van der Waals surface area contributed by atoms with E-state index in [0.29, 0.717) is 0 Å². The van der Waals surface area contributed by atoms with Gasteiger partial charge in [0.05, 0.1) is 6.67 Å². The Kier molecular flexibility index (Phi) is 2.67. The predicted octanol–water partition coefficient (Wildman–Crippen LogP) is -0.321. The molecule has 1 aliphatic rings. The van der Waals surface area contributed by atoms with Gasteiger partial charge in [-0.25, -0.2) is 0 Å². The zero-order valence-electron chi connectivity index (χ0n) is 5.58. The summed E-state index contributed by atoms with van der Waals surface area (Å²) in [6.45, 7) is 3.77. The minimum atomic E-state index is 0.788. The number of nitrogens with zero attached hydrogens (tertiary/aromatic N) is 2. The van der Waals surface area contributed by atoms with Gasteiger partial charge in [0.2, 0.25) is 0 Å². The fourth-order valence-electron chi connectivity index (χ4n) is 0.881. The molecule has 3 heteroatoms. The molecule has 0 atom stereocenters. The van der Waals surface area contributed by atoms with Crippen molar-refractivity contribution in [2.75, 3.05) is 26.3 Å².